The predicted octanol–water partition coefficient (Wildman–Crippen LogP) is 1.66. The number of hydrogen-bond acceptors (Lipinski definition) is 6. The first-order valence-corrected chi connectivity index (χ1v) is 9.92. The lowest BCUT2D eigenvalue weighted by Gasteiger charge is -2.55. The molecule has 2 aromatic rings. The molecule has 1 aromatic heterocycles. The highest BCUT2D eigenvalue weighted by Crippen LogP contribution is 2.39. The molecule has 27 heavy (non-hydrogen) atoms. The van der Waals surface area contributed by atoms with Gasteiger partial charge in [-0.15, -0.1) is 0 Å². The summed E-state index contributed by atoms with van der Waals surface area (Å²) < 4.78 is 45.5. The number of carbonyl (C=O) groups excluding carboxylic acids is 1. The quantitative estimate of drug-likeness (QED) is 0.583. The van der Waals surface area contributed by atoms with Crippen molar-refractivity contribution in [1.82, 2.24) is 9.29 Å². The third-order valence-corrected chi connectivity index (χ3v) is 7.07. The zero-order chi connectivity index (χ0) is 19.2. The van der Waals surface area contributed by atoms with Gasteiger partial charge in [0.05, 0.1) is 17.6 Å². The monoisotopic (exact) mass is 391 g/mol. The minimum Gasteiger partial charge on any atom is -0.465 e. The van der Waals surface area contributed by atoms with Gasteiger partial charge in [-0.05, 0) is 36.8 Å². The van der Waals surface area contributed by atoms with E-state index < -0.39 is 21.9 Å². The maximum absolute atomic E-state index is 13.4. The first-order chi connectivity index (χ1) is 12.9. The average molecular weight is 391 g/mol. The summed E-state index contributed by atoms with van der Waals surface area (Å²) in [5, 5.41) is 0. The summed E-state index contributed by atoms with van der Waals surface area (Å²) in [4.78, 5) is 17.2. The number of carbonyl (C=O) groups is 1. The number of anilines is 1. The number of hydrogen-bond donors (Lipinski definition) is 0. The number of rotatable bonds is 4. The zero-order valence-electron chi connectivity index (χ0n) is 14.6. The topological polar surface area (TPSA) is 79.8 Å². The number of aromatic nitrogens is 1. The van der Waals surface area contributed by atoms with Crippen LogP contribution in [-0.4, -0.2) is 56.0 Å². The predicted molar refractivity (Wildman–Crippen MR) is 95.4 cm³/mol. The maximum atomic E-state index is 13.4. The fourth-order valence-electron chi connectivity index (χ4n) is 3.77. The van der Waals surface area contributed by atoms with Crippen LogP contribution in [0.5, 0.6) is 0 Å². The first kappa shape index (κ1) is 17.9. The second-order valence-corrected chi connectivity index (χ2v) is 8.48. The second kappa shape index (κ2) is 6.58. The SMILES string of the molecule is COC(=O)c1ccc(S(=O)(=O)N2C3CC2CN(c2ccnc(F)c2)C3)cc1. The number of methoxy groups -OCH3 is 1. The van der Waals surface area contributed by atoms with Gasteiger partial charge >= 0.3 is 5.97 Å². The van der Waals surface area contributed by atoms with Gasteiger partial charge < -0.3 is 9.64 Å². The van der Waals surface area contributed by atoms with Crippen LogP contribution in [0.1, 0.15) is 16.8 Å². The molecule has 1 aromatic carbocycles. The van der Waals surface area contributed by atoms with Crippen molar-refractivity contribution in [2.45, 2.75) is 23.4 Å². The molecule has 0 aliphatic carbocycles. The Morgan fingerprint density at radius 1 is 1.19 bits per heavy atom. The third kappa shape index (κ3) is 3.06. The first-order valence-electron chi connectivity index (χ1n) is 8.48. The number of benzene rings is 1. The number of nitrogens with zero attached hydrogens (tertiary/aromatic N) is 3. The van der Waals surface area contributed by atoms with E-state index in [1.54, 1.807) is 6.07 Å². The van der Waals surface area contributed by atoms with Gasteiger partial charge in [-0.1, -0.05) is 0 Å². The average Bonchev–Trinajstić information content (AvgIpc) is 2.67. The lowest BCUT2D eigenvalue weighted by molar-refractivity contribution is 0.0600. The van der Waals surface area contributed by atoms with Crippen LogP contribution in [0, 0.1) is 5.95 Å². The number of fused-ring (bicyclic) bond motifs is 2. The highest BCUT2D eigenvalue weighted by atomic mass is 32.2. The molecule has 4 heterocycles. The molecule has 3 aliphatic rings. The van der Waals surface area contributed by atoms with Gasteiger partial charge in [0.25, 0.3) is 0 Å². The van der Waals surface area contributed by atoms with E-state index in [9.17, 15) is 17.6 Å². The van der Waals surface area contributed by atoms with Crippen molar-refractivity contribution in [2.24, 2.45) is 0 Å². The molecule has 2 bridgehead atoms. The molecular formula is C18H18FN3O4S. The van der Waals surface area contributed by atoms with Crippen LogP contribution >= 0.6 is 0 Å². The maximum Gasteiger partial charge on any atom is 0.337 e. The lowest BCUT2D eigenvalue weighted by Crippen LogP contribution is -2.70. The van der Waals surface area contributed by atoms with Crippen LogP contribution in [0.4, 0.5) is 10.1 Å². The molecule has 5 rings (SSSR count). The standard InChI is InChI=1S/C18H18FN3O4S/c1-26-18(23)12-2-4-16(5-3-12)27(24,25)22-14-8-15(22)11-21(10-14)13-6-7-20-17(19)9-13/h2-7,9,14-15H,8,10-11H2,1H3. The number of pyridine rings is 1. The van der Waals surface area contributed by atoms with Crippen molar-refractivity contribution in [3.05, 3.63) is 54.1 Å². The van der Waals surface area contributed by atoms with Gasteiger partial charge in [0.15, 0.2) is 0 Å². The van der Waals surface area contributed by atoms with E-state index in [2.05, 4.69) is 9.72 Å². The summed E-state index contributed by atoms with van der Waals surface area (Å²) in [5.41, 5.74) is 1.00. The Morgan fingerprint density at radius 3 is 2.44 bits per heavy atom. The van der Waals surface area contributed by atoms with Crippen molar-refractivity contribution in [1.29, 1.82) is 0 Å². The van der Waals surface area contributed by atoms with Gasteiger partial charge in [-0.25, -0.2) is 18.2 Å². The normalized spacial score (nSPS) is 22.2. The van der Waals surface area contributed by atoms with Crippen LogP contribution in [0.2, 0.25) is 0 Å². The molecule has 9 heteroatoms. The van der Waals surface area contributed by atoms with E-state index in [-0.39, 0.29) is 17.0 Å². The van der Waals surface area contributed by atoms with Crippen molar-refractivity contribution in [3.63, 3.8) is 0 Å². The van der Waals surface area contributed by atoms with Gasteiger partial charge in [-0.2, -0.15) is 8.70 Å². The van der Waals surface area contributed by atoms with Crippen molar-refractivity contribution in [2.75, 3.05) is 25.1 Å². The molecule has 2 unspecified atom stereocenters. The van der Waals surface area contributed by atoms with Crippen LogP contribution in [0.25, 0.3) is 0 Å². The number of piperazine rings is 1. The molecule has 142 valence electrons. The molecule has 3 fully saturated rings. The highest BCUT2D eigenvalue weighted by molar-refractivity contribution is 7.89. The van der Waals surface area contributed by atoms with E-state index in [4.69, 9.17) is 0 Å². The molecule has 0 spiro atoms. The van der Waals surface area contributed by atoms with Crippen LogP contribution in [0.3, 0.4) is 0 Å². The van der Waals surface area contributed by atoms with Gasteiger partial charge in [0.1, 0.15) is 0 Å². The largest absolute Gasteiger partial charge is 0.465 e. The summed E-state index contributed by atoms with van der Waals surface area (Å²) in [6.45, 7) is 0.999. The Balaban J connectivity index is 1.52. The Bertz CT molecular complexity index is 968. The van der Waals surface area contributed by atoms with E-state index in [1.807, 2.05) is 4.90 Å². The summed E-state index contributed by atoms with van der Waals surface area (Å²) in [5.74, 6) is -1.07. The number of piperidine rings is 1. The zero-order valence-corrected chi connectivity index (χ0v) is 15.4. The Labute approximate surface area is 156 Å². The molecule has 0 amide bonds. The van der Waals surface area contributed by atoms with Gasteiger partial charge in [0.2, 0.25) is 16.0 Å². The summed E-state index contributed by atoms with van der Waals surface area (Å²) in [7, 11) is -2.38. The summed E-state index contributed by atoms with van der Waals surface area (Å²) in [6.07, 6.45) is 2.19. The Kier molecular flexibility index (Phi) is 4.35. The number of sulfonamides is 1. The van der Waals surface area contributed by atoms with Crippen LogP contribution < -0.4 is 4.90 Å². The second-order valence-electron chi connectivity index (χ2n) is 6.64. The Hall–Kier alpha value is -2.52. The molecule has 0 saturated carbocycles. The summed E-state index contributed by atoms with van der Waals surface area (Å²) in [6, 6.07) is 8.49. The molecule has 0 radical (unpaired) electrons. The molecule has 3 aliphatic heterocycles. The van der Waals surface area contributed by atoms with Crippen molar-refractivity contribution >= 4 is 21.7 Å². The van der Waals surface area contributed by atoms with Gasteiger partial charge in [-0.3, -0.25) is 0 Å². The minimum atomic E-state index is -3.66. The van der Waals surface area contributed by atoms with Crippen LogP contribution in [-0.2, 0) is 14.8 Å². The summed E-state index contributed by atoms with van der Waals surface area (Å²) >= 11 is 0. The highest BCUT2D eigenvalue weighted by Gasteiger charge is 2.51. The van der Waals surface area contributed by atoms with E-state index >= 15 is 0 Å². The number of halogens is 1. The van der Waals surface area contributed by atoms with Crippen LogP contribution in [0.15, 0.2) is 47.5 Å². The number of ether oxygens (including phenoxy) is 1. The smallest absolute Gasteiger partial charge is 0.337 e. The van der Waals surface area contributed by atoms with Crippen molar-refractivity contribution in [3.8, 4) is 0 Å². The lowest BCUT2D eigenvalue weighted by atomic mass is 9.91. The van der Waals surface area contributed by atoms with E-state index in [0.717, 1.165) is 6.42 Å². The molecule has 7 nitrogen and oxygen atoms in total. The minimum absolute atomic E-state index is 0.147. The molecule has 0 N–H and O–H groups in total. The third-order valence-electron chi connectivity index (χ3n) is 5.05. The Morgan fingerprint density at radius 2 is 1.85 bits per heavy atom. The fraction of sp³-hybridized carbons (Fsp3) is 0.333. The fourth-order valence-corrected chi connectivity index (χ4v) is 5.58. The molecule has 3 saturated heterocycles. The number of esters is 1. The van der Waals surface area contributed by atoms with E-state index in [1.165, 1.54) is 47.9 Å². The molecular weight excluding hydrogens is 373 g/mol. The molecule has 2 atom stereocenters. The van der Waals surface area contributed by atoms with Gasteiger partial charge in [0, 0.05) is 43.1 Å². The van der Waals surface area contributed by atoms with Crippen molar-refractivity contribution < 1.29 is 22.3 Å². The van der Waals surface area contributed by atoms with E-state index in [0.29, 0.717) is 24.3 Å².